The first-order valence-electron chi connectivity index (χ1n) is 10.5. The van der Waals surface area contributed by atoms with Gasteiger partial charge in [-0.15, -0.1) is 11.3 Å². The summed E-state index contributed by atoms with van der Waals surface area (Å²) < 4.78 is 13.0. The second kappa shape index (κ2) is 11.5. The van der Waals surface area contributed by atoms with Crippen molar-refractivity contribution in [2.75, 3.05) is 11.9 Å². The van der Waals surface area contributed by atoms with Gasteiger partial charge in [0.25, 0.3) is 0 Å². The number of amides is 3. The van der Waals surface area contributed by atoms with Gasteiger partial charge in [0, 0.05) is 37.0 Å². The fraction of sp³-hybridized carbons (Fsp3) is 0.455. The van der Waals surface area contributed by atoms with Crippen LogP contribution in [0, 0.1) is 5.82 Å². The van der Waals surface area contributed by atoms with Crippen molar-refractivity contribution in [3.63, 3.8) is 0 Å². The average Bonchev–Trinajstić information content (AvgIpc) is 3.29. The number of benzene rings is 1. The van der Waals surface area contributed by atoms with Crippen LogP contribution in [0.2, 0.25) is 0 Å². The minimum atomic E-state index is -0.331. The van der Waals surface area contributed by atoms with Gasteiger partial charge in [0.1, 0.15) is 5.82 Å². The van der Waals surface area contributed by atoms with E-state index in [0.717, 1.165) is 37.7 Å². The van der Waals surface area contributed by atoms with E-state index < -0.39 is 0 Å². The zero-order chi connectivity index (χ0) is 22.1. The van der Waals surface area contributed by atoms with E-state index >= 15 is 0 Å². The van der Waals surface area contributed by atoms with Gasteiger partial charge in [0.15, 0.2) is 5.13 Å². The molecule has 31 heavy (non-hydrogen) atoms. The van der Waals surface area contributed by atoms with Crippen molar-refractivity contribution >= 4 is 34.2 Å². The molecule has 2 N–H and O–H groups in total. The number of rotatable bonds is 9. The van der Waals surface area contributed by atoms with Crippen molar-refractivity contribution in [2.45, 2.75) is 57.5 Å². The molecule has 3 amide bonds. The van der Waals surface area contributed by atoms with Crippen LogP contribution in [0.3, 0.4) is 0 Å². The molecule has 1 aromatic heterocycles. The van der Waals surface area contributed by atoms with Crippen LogP contribution in [0.4, 0.5) is 9.52 Å². The SMILES string of the molecule is O=C(CN(C(=O)CCC(=O)Nc1nccs1)C1CCCCC1)NCc1ccc(F)cc1. The third-order valence-electron chi connectivity index (χ3n) is 5.30. The Labute approximate surface area is 185 Å². The number of carbonyl (C=O) groups excluding carboxylic acids is 3. The van der Waals surface area contributed by atoms with Crippen LogP contribution in [0.25, 0.3) is 0 Å². The summed E-state index contributed by atoms with van der Waals surface area (Å²) >= 11 is 1.32. The molecule has 0 unspecified atom stereocenters. The zero-order valence-electron chi connectivity index (χ0n) is 17.3. The maximum Gasteiger partial charge on any atom is 0.239 e. The Morgan fingerprint density at radius 3 is 2.48 bits per heavy atom. The first kappa shape index (κ1) is 22.9. The number of hydrogen-bond donors (Lipinski definition) is 2. The van der Waals surface area contributed by atoms with E-state index in [1.807, 2.05) is 0 Å². The lowest BCUT2D eigenvalue weighted by atomic mass is 9.94. The molecule has 2 aromatic rings. The number of nitrogens with zero attached hydrogens (tertiary/aromatic N) is 2. The summed E-state index contributed by atoms with van der Waals surface area (Å²) in [7, 11) is 0. The van der Waals surface area contributed by atoms with Crippen LogP contribution < -0.4 is 10.6 Å². The van der Waals surface area contributed by atoms with Crippen LogP contribution in [0.1, 0.15) is 50.5 Å². The van der Waals surface area contributed by atoms with E-state index in [-0.39, 0.29) is 55.5 Å². The normalized spacial score (nSPS) is 14.1. The number of aromatic nitrogens is 1. The van der Waals surface area contributed by atoms with Gasteiger partial charge in [-0.2, -0.15) is 0 Å². The van der Waals surface area contributed by atoms with Gasteiger partial charge in [-0.3, -0.25) is 14.4 Å². The maximum absolute atomic E-state index is 13.0. The quantitative estimate of drug-likeness (QED) is 0.617. The zero-order valence-corrected chi connectivity index (χ0v) is 18.1. The molecule has 166 valence electrons. The Morgan fingerprint density at radius 2 is 1.81 bits per heavy atom. The van der Waals surface area contributed by atoms with E-state index in [1.54, 1.807) is 28.6 Å². The van der Waals surface area contributed by atoms with Crippen LogP contribution >= 0.6 is 11.3 Å². The summed E-state index contributed by atoms with van der Waals surface area (Å²) in [6, 6.07) is 5.92. The van der Waals surface area contributed by atoms with Gasteiger partial charge in [0.05, 0.1) is 6.54 Å². The molecule has 1 aromatic carbocycles. The van der Waals surface area contributed by atoms with E-state index in [2.05, 4.69) is 15.6 Å². The van der Waals surface area contributed by atoms with Crippen molar-refractivity contribution in [1.82, 2.24) is 15.2 Å². The highest BCUT2D eigenvalue weighted by molar-refractivity contribution is 7.13. The second-order valence-corrected chi connectivity index (χ2v) is 8.50. The van der Waals surface area contributed by atoms with Gasteiger partial charge in [-0.25, -0.2) is 9.37 Å². The summed E-state index contributed by atoms with van der Waals surface area (Å²) in [5.74, 6) is -1.07. The fourth-order valence-electron chi connectivity index (χ4n) is 3.66. The van der Waals surface area contributed by atoms with Gasteiger partial charge in [-0.1, -0.05) is 31.4 Å². The third kappa shape index (κ3) is 7.43. The molecular formula is C22H27FN4O3S. The Hall–Kier alpha value is -2.81. The number of halogens is 1. The van der Waals surface area contributed by atoms with Gasteiger partial charge >= 0.3 is 0 Å². The van der Waals surface area contributed by atoms with E-state index in [0.29, 0.717) is 5.13 Å². The van der Waals surface area contributed by atoms with Crippen LogP contribution in [-0.2, 0) is 20.9 Å². The molecule has 1 aliphatic carbocycles. The van der Waals surface area contributed by atoms with Gasteiger partial charge in [0.2, 0.25) is 17.7 Å². The summed E-state index contributed by atoms with van der Waals surface area (Å²) in [6.45, 7) is 0.223. The molecule has 0 aliphatic heterocycles. The Kier molecular flexibility index (Phi) is 8.52. The molecule has 0 bridgehead atoms. The predicted molar refractivity (Wildman–Crippen MR) is 117 cm³/mol. The van der Waals surface area contributed by atoms with Crippen molar-refractivity contribution < 1.29 is 18.8 Å². The molecule has 3 rings (SSSR count). The number of thiazole rings is 1. The summed E-state index contributed by atoms with van der Waals surface area (Å²) in [4.78, 5) is 43.2. The van der Waals surface area contributed by atoms with Gasteiger partial charge in [-0.05, 0) is 30.5 Å². The topological polar surface area (TPSA) is 91.4 Å². The van der Waals surface area contributed by atoms with Crippen molar-refractivity contribution in [3.05, 3.63) is 47.2 Å². The maximum atomic E-state index is 13.0. The molecular weight excluding hydrogens is 419 g/mol. The Morgan fingerprint density at radius 1 is 1.06 bits per heavy atom. The lowest BCUT2D eigenvalue weighted by Crippen LogP contribution is -2.47. The highest BCUT2D eigenvalue weighted by Gasteiger charge is 2.27. The van der Waals surface area contributed by atoms with Crippen LogP contribution in [0.5, 0.6) is 0 Å². The van der Waals surface area contributed by atoms with Crippen molar-refractivity contribution in [3.8, 4) is 0 Å². The first-order chi connectivity index (χ1) is 15.0. The molecule has 1 saturated carbocycles. The number of nitrogens with one attached hydrogen (secondary N) is 2. The molecule has 0 spiro atoms. The standard InChI is InChI=1S/C22H27FN4O3S/c23-17-8-6-16(7-9-17)14-25-20(29)15-27(18-4-2-1-3-5-18)21(30)11-10-19(28)26-22-24-12-13-31-22/h6-9,12-13,18H,1-5,10-11,14-15H2,(H,25,29)(H,24,26,28). The van der Waals surface area contributed by atoms with E-state index in [1.165, 1.54) is 23.5 Å². The highest BCUT2D eigenvalue weighted by atomic mass is 32.1. The average molecular weight is 447 g/mol. The lowest BCUT2D eigenvalue weighted by molar-refractivity contribution is -0.139. The summed E-state index contributed by atoms with van der Waals surface area (Å²) in [5.41, 5.74) is 0.782. The van der Waals surface area contributed by atoms with E-state index in [9.17, 15) is 18.8 Å². The highest BCUT2D eigenvalue weighted by Crippen LogP contribution is 2.23. The molecule has 7 nitrogen and oxygen atoms in total. The number of carbonyl (C=O) groups is 3. The van der Waals surface area contributed by atoms with Crippen LogP contribution in [0.15, 0.2) is 35.8 Å². The molecule has 0 atom stereocenters. The molecule has 0 saturated heterocycles. The molecule has 1 heterocycles. The number of anilines is 1. The first-order valence-corrected chi connectivity index (χ1v) is 11.4. The summed E-state index contributed by atoms with van der Waals surface area (Å²) in [6.07, 6.45) is 6.58. The van der Waals surface area contributed by atoms with Crippen LogP contribution in [-0.4, -0.2) is 40.2 Å². The molecule has 0 radical (unpaired) electrons. The largest absolute Gasteiger partial charge is 0.350 e. The van der Waals surface area contributed by atoms with Crippen molar-refractivity contribution in [1.29, 1.82) is 0 Å². The molecule has 9 heteroatoms. The molecule has 1 fully saturated rings. The monoisotopic (exact) mass is 446 g/mol. The predicted octanol–water partition coefficient (Wildman–Crippen LogP) is 3.48. The fourth-order valence-corrected chi connectivity index (χ4v) is 4.20. The van der Waals surface area contributed by atoms with Gasteiger partial charge < -0.3 is 15.5 Å². The Balaban J connectivity index is 1.53. The van der Waals surface area contributed by atoms with E-state index in [4.69, 9.17) is 0 Å². The molecule has 1 aliphatic rings. The third-order valence-corrected chi connectivity index (χ3v) is 5.99. The lowest BCUT2D eigenvalue weighted by Gasteiger charge is -2.34. The Bertz CT molecular complexity index is 867. The summed E-state index contributed by atoms with van der Waals surface area (Å²) in [5, 5.41) is 7.73. The van der Waals surface area contributed by atoms with Crippen molar-refractivity contribution in [2.24, 2.45) is 0 Å². The minimum absolute atomic E-state index is 0.0137. The number of hydrogen-bond acceptors (Lipinski definition) is 5. The smallest absolute Gasteiger partial charge is 0.239 e. The minimum Gasteiger partial charge on any atom is -0.350 e. The second-order valence-electron chi connectivity index (χ2n) is 7.60.